The minimum Gasteiger partial charge on any atom is -0.492 e. The highest BCUT2D eigenvalue weighted by Gasteiger charge is 2.16. The molecule has 2 atom stereocenters. The van der Waals surface area contributed by atoms with Crippen molar-refractivity contribution in [3.05, 3.63) is 24.0 Å². The molecule has 0 saturated carbocycles. The molecule has 1 aromatic heterocycles. The molecule has 0 amide bonds. The van der Waals surface area contributed by atoms with Crippen molar-refractivity contribution < 1.29 is 4.74 Å². The summed E-state index contributed by atoms with van der Waals surface area (Å²) in [7, 11) is 2.00. The molecule has 96 valence electrons. The molecule has 0 aliphatic heterocycles. The molecule has 17 heavy (non-hydrogen) atoms. The van der Waals surface area contributed by atoms with Gasteiger partial charge < -0.3 is 10.1 Å². The van der Waals surface area contributed by atoms with Gasteiger partial charge in [-0.3, -0.25) is 4.98 Å². The minimum absolute atomic E-state index is 0.345. The van der Waals surface area contributed by atoms with E-state index in [1.165, 1.54) is 5.56 Å². The van der Waals surface area contributed by atoms with Crippen LogP contribution in [0, 0.1) is 5.92 Å². The Morgan fingerprint density at radius 2 is 2.12 bits per heavy atom. The fourth-order valence-electron chi connectivity index (χ4n) is 1.92. The largest absolute Gasteiger partial charge is 0.492 e. The molecule has 0 aliphatic rings. The van der Waals surface area contributed by atoms with Gasteiger partial charge in [0.1, 0.15) is 5.75 Å². The summed E-state index contributed by atoms with van der Waals surface area (Å²) in [5.74, 6) is 1.45. The fraction of sp³-hybridized carbons (Fsp3) is 0.643. The van der Waals surface area contributed by atoms with E-state index in [9.17, 15) is 0 Å². The van der Waals surface area contributed by atoms with Crippen molar-refractivity contribution in [2.75, 3.05) is 13.7 Å². The van der Waals surface area contributed by atoms with Crippen LogP contribution < -0.4 is 10.1 Å². The van der Waals surface area contributed by atoms with Crippen LogP contribution in [0.15, 0.2) is 18.5 Å². The second-order valence-corrected chi connectivity index (χ2v) is 4.45. The van der Waals surface area contributed by atoms with Crippen molar-refractivity contribution in [2.45, 2.75) is 39.7 Å². The zero-order chi connectivity index (χ0) is 12.7. The van der Waals surface area contributed by atoms with Crippen LogP contribution in [0.2, 0.25) is 0 Å². The maximum atomic E-state index is 5.61. The van der Waals surface area contributed by atoms with Gasteiger partial charge in [-0.25, -0.2) is 0 Å². The monoisotopic (exact) mass is 236 g/mol. The fourth-order valence-corrected chi connectivity index (χ4v) is 1.92. The normalized spacial score (nSPS) is 14.4. The number of rotatable bonds is 7. The lowest BCUT2D eigenvalue weighted by atomic mass is 9.94. The number of ether oxygens (including phenoxy) is 1. The number of hydrogen-bond acceptors (Lipinski definition) is 3. The Morgan fingerprint density at radius 3 is 2.71 bits per heavy atom. The molecule has 3 heteroatoms. The molecule has 0 spiro atoms. The number of hydrogen-bond donors (Lipinski definition) is 1. The summed E-state index contributed by atoms with van der Waals surface area (Å²) in [5.41, 5.74) is 1.20. The first-order valence-electron chi connectivity index (χ1n) is 6.47. The number of aromatic nitrogens is 1. The van der Waals surface area contributed by atoms with Gasteiger partial charge in [0, 0.05) is 12.2 Å². The topological polar surface area (TPSA) is 34.1 Å². The van der Waals surface area contributed by atoms with E-state index in [1.807, 2.05) is 13.2 Å². The smallest absolute Gasteiger partial charge is 0.137 e. The highest BCUT2D eigenvalue weighted by atomic mass is 16.5. The molecule has 3 nitrogen and oxygen atoms in total. The Hall–Kier alpha value is -1.09. The highest BCUT2D eigenvalue weighted by Crippen LogP contribution is 2.25. The Balaban J connectivity index is 2.81. The summed E-state index contributed by atoms with van der Waals surface area (Å²) in [6.07, 6.45) is 5.87. The van der Waals surface area contributed by atoms with Gasteiger partial charge in [0.15, 0.2) is 0 Å². The Labute approximate surface area is 105 Å². The van der Waals surface area contributed by atoms with Gasteiger partial charge in [-0.2, -0.15) is 0 Å². The van der Waals surface area contributed by atoms with Crippen LogP contribution in [0.3, 0.4) is 0 Å². The third-order valence-electron chi connectivity index (χ3n) is 3.09. The highest BCUT2D eigenvalue weighted by molar-refractivity contribution is 5.26. The molecular formula is C14H24N2O. The third-order valence-corrected chi connectivity index (χ3v) is 3.09. The number of pyridine rings is 1. The lowest BCUT2D eigenvalue weighted by Gasteiger charge is -2.23. The average Bonchev–Trinajstić information content (AvgIpc) is 2.37. The van der Waals surface area contributed by atoms with E-state index >= 15 is 0 Å². The van der Waals surface area contributed by atoms with Crippen LogP contribution in [-0.2, 0) is 0 Å². The van der Waals surface area contributed by atoms with E-state index < -0.39 is 0 Å². The van der Waals surface area contributed by atoms with Crippen LogP contribution in [0.5, 0.6) is 5.75 Å². The molecule has 0 saturated heterocycles. The van der Waals surface area contributed by atoms with Gasteiger partial charge in [0.2, 0.25) is 0 Å². The van der Waals surface area contributed by atoms with Gasteiger partial charge in [0.25, 0.3) is 0 Å². The van der Waals surface area contributed by atoms with E-state index in [4.69, 9.17) is 4.74 Å². The van der Waals surface area contributed by atoms with Crippen LogP contribution in [0.1, 0.15) is 45.2 Å². The Bertz CT molecular complexity index is 328. The predicted molar refractivity (Wildman–Crippen MR) is 71.3 cm³/mol. The second-order valence-electron chi connectivity index (χ2n) is 4.45. The maximum Gasteiger partial charge on any atom is 0.137 e. The lowest BCUT2D eigenvalue weighted by Crippen LogP contribution is -2.23. The van der Waals surface area contributed by atoms with Crippen LogP contribution in [0.4, 0.5) is 0 Å². The van der Waals surface area contributed by atoms with Gasteiger partial charge in [-0.05, 0) is 31.0 Å². The number of nitrogens with one attached hydrogen (secondary N) is 1. The quantitative estimate of drug-likeness (QED) is 0.789. The van der Waals surface area contributed by atoms with E-state index in [0.29, 0.717) is 12.0 Å². The van der Waals surface area contributed by atoms with Crippen molar-refractivity contribution in [3.8, 4) is 5.75 Å². The Morgan fingerprint density at radius 1 is 1.35 bits per heavy atom. The van der Waals surface area contributed by atoms with Crippen molar-refractivity contribution >= 4 is 0 Å². The number of nitrogens with zero attached hydrogens (tertiary/aromatic N) is 1. The summed E-state index contributed by atoms with van der Waals surface area (Å²) < 4.78 is 5.61. The molecule has 1 heterocycles. The van der Waals surface area contributed by atoms with Crippen molar-refractivity contribution in [1.82, 2.24) is 10.3 Å². The summed E-state index contributed by atoms with van der Waals surface area (Å²) in [4.78, 5) is 4.26. The zero-order valence-corrected chi connectivity index (χ0v) is 11.4. The summed E-state index contributed by atoms with van der Waals surface area (Å²) in [5, 5.41) is 3.36. The first-order chi connectivity index (χ1) is 8.22. The van der Waals surface area contributed by atoms with E-state index in [-0.39, 0.29) is 0 Å². The molecule has 0 aliphatic carbocycles. The maximum absolute atomic E-state index is 5.61. The Kier molecular flexibility index (Phi) is 5.98. The summed E-state index contributed by atoms with van der Waals surface area (Å²) in [6.45, 7) is 7.31. The van der Waals surface area contributed by atoms with Gasteiger partial charge in [0.05, 0.1) is 12.8 Å². The van der Waals surface area contributed by atoms with E-state index in [0.717, 1.165) is 25.2 Å². The van der Waals surface area contributed by atoms with Crippen LogP contribution in [0.25, 0.3) is 0 Å². The van der Waals surface area contributed by atoms with E-state index in [2.05, 4.69) is 37.1 Å². The minimum atomic E-state index is 0.345. The average molecular weight is 236 g/mol. The third kappa shape index (κ3) is 4.00. The molecule has 0 radical (unpaired) electrons. The van der Waals surface area contributed by atoms with Crippen molar-refractivity contribution in [3.63, 3.8) is 0 Å². The van der Waals surface area contributed by atoms with Gasteiger partial charge in [-0.15, -0.1) is 0 Å². The predicted octanol–water partition coefficient (Wildman–Crippen LogP) is 3.18. The summed E-state index contributed by atoms with van der Waals surface area (Å²) in [6, 6.07) is 2.44. The zero-order valence-electron chi connectivity index (χ0n) is 11.4. The molecule has 1 aromatic rings. The van der Waals surface area contributed by atoms with Gasteiger partial charge >= 0.3 is 0 Å². The first-order valence-corrected chi connectivity index (χ1v) is 6.47. The molecule has 1 N–H and O–H groups in total. The first kappa shape index (κ1) is 14.0. The van der Waals surface area contributed by atoms with Crippen molar-refractivity contribution in [2.24, 2.45) is 5.92 Å². The van der Waals surface area contributed by atoms with Crippen LogP contribution >= 0.6 is 0 Å². The van der Waals surface area contributed by atoms with Crippen molar-refractivity contribution in [1.29, 1.82) is 0 Å². The molecule has 1 rings (SSSR count). The second kappa shape index (κ2) is 7.28. The summed E-state index contributed by atoms with van der Waals surface area (Å²) >= 11 is 0. The van der Waals surface area contributed by atoms with E-state index in [1.54, 1.807) is 6.20 Å². The standard InChI is InChI=1S/C14H24N2O/c1-5-7-17-13-8-12(9-16-10-13)14(15-4)11(3)6-2/h8-11,14-15H,5-7H2,1-4H3. The SMILES string of the molecule is CCCOc1cncc(C(NC)C(C)CC)c1. The molecule has 2 unspecified atom stereocenters. The lowest BCUT2D eigenvalue weighted by molar-refractivity contribution is 0.314. The molecule has 0 fully saturated rings. The molecular weight excluding hydrogens is 212 g/mol. The molecule has 0 aromatic carbocycles. The van der Waals surface area contributed by atoms with Crippen LogP contribution in [-0.4, -0.2) is 18.6 Å². The van der Waals surface area contributed by atoms with Gasteiger partial charge in [-0.1, -0.05) is 27.2 Å². The molecule has 0 bridgehead atoms.